The highest BCUT2D eigenvalue weighted by Crippen LogP contribution is 2.16. The largest absolute Gasteiger partial charge is 0.313 e. The molecule has 2 nitrogen and oxygen atoms in total. The zero-order chi connectivity index (χ0) is 13.8. The molecule has 1 aliphatic rings. The molecule has 0 bridgehead atoms. The molecule has 1 unspecified atom stereocenters. The van der Waals surface area contributed by atoms with Gasteiger partial charge in [-0.1, -0.05) is 17.7 Å². The number of rotatable bonds is 5. The number of halogens is 1. The van der Waals surface area contributed by atoms with Crippen LogP contribution in [0.3, 0.4) is 0 Å². The van der Waals surface area contributed by atoms with Gasteiger partial charge < -0.3 is 5.32 Å². The highest BCUT2D eigenvalue weighted by molar-refractivity contribution is 5.24. The summed E-state index contributed by atoms with van der Waals surface area (Å²) in [6.07, 6.45) is 2.49. The molecule has 1 aromatic rings. The minimum atomic E-state index is -0.0874. The molecule has 1 aliphatic heterocycles. The maximum Gasteiger partial charge on any atom is 0.127 e. The van der Waals surface area contributed by atoms with Gasteiger partial charge in [-0.25, -0.2) is 4.39 Å². The van der Waals surface area contributed by atoms with E-state index in [2.05, 4.69) is 24.1 Å². The number of nitrogens with one attached hydrogen (secondary N) is 1. The zero-order valence-electron chi connectivity index (χ0n) is 12.2. The maximum absolute atomic E-state index is 13.9. The summed E-state index contributed by atoms with van der Waals surface area (Å²) < 4.78 is 13.9. The van der Waals surface area contributed by atoms with Gasteiger partial charge in [-0.05, 0) is 46.2 Å². The molecule has 0 aliphatic carbocycles. The van der Waals surface area contributed by atoms with Crippen molar-refractivity contribution in [1.82, 2.24) is 10.2 Å². The van der Waals surface area contributed by atoms with Gasteiger partial charge in [0.1, 0.15) is 5.82 Å². The Morgan fingerprint density at radius 3 is 2.84 bits per heavy atom. The second-order valence-corrected chi connectivity index (χ2v) is 5.91. The molecule has 0 radical (unpaired) electrons. The Morgan fingerprint density at radius 2 is 2.21 bits per heavy atom. The van der Waals surface area contributed by atoms with E-state index in [1.54, 1.807) is 6.07 Å². The molecule has 3 heteroatoms. The fourth-order valence-electron chi connectivity index (χ4n) is 2.70. The zero-order valence-corrected chi connectivity index (χ0v) is 12.2. The van der Waals surface area contributed by atoms with Gasteiger partial charge in [0.25, 0.3) is 0 Å². The van der Waals surface area contributed by atoms with Gasteiger partial charge >= 0.3 is 0 Å². The van der Waals surface area contributed by atoms with Crippen molar-refractivity contribution in [2.45, 2.75) is 52.2 Å². The highest BCUT2D eigenvalue weighted by Gasteiger charge is 2.20. The minimum absolute atomic E-state index is 0.0874. The van der Waals surface area contributed by atoms with Crippen LogP contribution in [0, 0.1) is 12.7 Å². The van der Waals surface area contributed by atoms with E-state index in [-0.39, 0.29) is 5.82 Å². The first kappa shape index (κ1) is 14.5. The van der Waals surface area contributed by atoms with Crippen molar-refractivity contribution in [3.63, 3.8) is 0 Å². The summed E-state index contributed by atoms with van der Waals surface area (Å²) >= 11 is 0. The van der Waals surface area contributed by atoms with Crippen molar-refractivity contribution in [3.8, 4) is 0 Å². The SMILES string of the molecule is Cc1ccc(F)c(CN(CC2CCCN2)C(C)C)c1. The van der Waals surface area contributed by atoms with Crippen molar-refractivity contribution in [3.05, 3.63) is 35.1 Å². The highest BCUT2D eigenvalue weighted by atomic mass is 19.1. The van der Waals surface area contributed by atoms with Crippen LogP contribution >= 0.6 is 0 Å². The van der Waals surface area contributed by atoms with Crippen LogP contribution in [0.25, 0.3) is 0 Å². The van der Waals surface area contributed by atoms with Crippen LogP contribution in [-0.2, 0) is 6.54 Å². The normalized spacial score (nSPS) is 19.6. The molecule has 1 heterocycles. The first-order valence-corrected chi connectivity index (χ1v) is 7.28. The van der Waals surface area contributed by atoms with Gasteiger partial charge in [-0.15, -0.1) is 0 Å². The Balaban J connectivity index is 2.04. The molecular weight excluding hydrogens is 239 g/mol. The molecule has 1 saturated heterocycles. The Kier molecular flexibility index (Phi) is 4.94. The van der Waals surface area contributed by atoms with Crippen molar-refractivity contribution in [1.29, 1.82) is 0 Å². The van der Waals surface area contributed by atoms with E-state index >= 15 is 0 Å². The molecule has 0 aromatic heterocycles. The molecule has 1 atom stereocenters. The Bertz CT molecular complexity index is 411. The lowest BCUT2D eigenvalue weighted by molar-refractivity contribution is 0.191. The van der Waals surface area contributed by atoms with Crippen LogP contribution in [0.1, 0.15) is 37.8 Å². The number of hydrogen-bond donors (Lipinski definition) is 1. The summed E-state index contributed by atoms with van der Waals surface area (Å²) in [4.78, 5) is 2.36. The van der Waals surface area contributed by atoms with E-state index in [1.807, 2.05) is 19.1 Å². The van der Waals surface area contributed by atoms with Gasteiger partial charge in [0, 0.05) is 30.7 Å². The average molecular weight is 264 g/mol. The number of aryl methyl sites for hydroxylation is 1. The third-order valence-electron chi connectivity index (χ3n) is 3.92. The molecule has 0 saturated carbocycles. The second-order valence-electron chi connectivity index (χ2n) is 5.91. The summed E-state index contributed by atoms with van der Waals surface area (Å²) in [7, 11) is 0. The van der Waals surface area contributed by atoms with Crippen LogP contribution in [0.5, 0.6) is 0 Å². The molecule has 0 amide bonds. The molecule has 1 N–H and O–H groups in total. The van der Waals surface area contributed by atoms with Gasteiger partial charge in [0.2, 0.25) is 0 Å². The summed E-state index contributed by atoms with van der Waals surface area (Å²) in [6.45, 7) is 9.20. The van der Waals surface area contributed by atoms with Gasteiger partial charge in [-0.3, -0.25) is 4.90 Å². The lowest BCUT2D eigenvalue weighted by Gasteiger charge is -2.29. The van der Waals surface area contributed by atoms with Crippen LogP contribution in [-0.4, -0.2) is 30.1 Å². The topological polar surface area (TPSA) is 15.3 Å². The summed E-state index contributed by atoms with van der Waals surface area (Å²) in [5.74, 6) is -0.0874. The second kappa shape index (κ2) is 6.49. The summed E-state index contributed by atoms with van der Waals surface area (Å²) in [6, 6.07) is 6.37. The summed E-state index contributed by atoms with van der Waals surface area (Å²) in [5.41, 5.74) is 1.94. The molecule has 19 heavy (non-hydrogen) atoms. The van der Waals surface area contributed by atoms with Crippen LogP contribution in [0.4, 0.5) is 4.39 Å². The molecule has 106 valence electrons. The van der Waals surface area contributed by atoms with Gasteiger partial charge in [-0.2, -0.15) is 0 Å². The van der Waals surface area contributed by atoms with Crippen molar-refractivity contribution < 1.29 is 4.39 Å². The number of nitrogens with zero attached hydrogens (tertiary/aromatic N) is 1. The summed E-state index contributed by atoms with van der Waals surface area (Å²) in [5, 5.41) is 3.52. The predicted molar refractivity (Wildman–Crippen MR) is 77.7 cm³/mol. The van der Waals surface area contributed by atoms with Crippen molar-refractivity contribution >= 4 is 0 Å². The van der Waals surface area contributed by atoms with Crippen LogP contribution in [0.15, 0.2) is 18.2 Å². The third kappa shape index (κ3) is 4.02. The lowest BCUT2D eigenvalue weighted by Crippen LogP contribution is -2.40. The molecular formula is C16H25FN2. The van der Waals surface area contributed by atoms with Crippen molar-refractivity contribution in [2.75, 3.05) is 13.1 Å². The number of hydrogen-bond acceptors (Lipinski definition) is 2. The van der Waals surface area contributed by atoms with Gasteiger partial charge in [0.15, 0.2) is 0 Å². The first-order valence-electron chi connectivity index (χ1n) is 7.28. The van der Waals surface area contributed by atoms with Crippen LogP contribution in [0.2, 0.25) is 0 Å². The minimum Gasteiger partial charge on any atom is -0.313 e. The Hall–Kier alpha value is -0.930. The molecule has 2 rings (SSSR count). The molecule has 1 aromatic carbocycles. The lowest BCUT2D eigenvalue weighted by atomic mass is 10.1. The van der Waals surface area contributed by atoms with E-state index in [0.29, 0.717) is 18.6 Å². The molecule has 0 spiro atoms. The van der Waals surface area contributed by atoms with E-state index in [1.165, 1.54) is 12.8 Å². The Morgan fingerprint density at radius 1 is 1.42 bits per heavy atom. The van der Waals surface area contributed by atoms with Gasteiger partial charge in [0.05, 0.1) is 0 Å². The van der Waals surface area contributed by atoms with Crippen molar-refractivity contribution in [2.24, 2.45) is 0 Å². The van der Waals surface area contributed by atoms with E-state index in [4.69, 9.17) is 0 Å². The maximum atomic E-state index is 13.9. The Labute approximate surface area is 116 Å². The van der Waals surface area contributed by atoms with E-state index < -0.39 is 0 Å². The smallest absolute Gasteiger partial charge is 0.127 e. The monoisotopic (exact) mass is 264 g/mol. The van der Waals surface area contributed by atoms with E-state index in [0.717, 1.165) is 24.2 Å². The predicted octanol–water partition coefficient (Wildman–Crippen LogP) is 3.10. The fraction of sp³-hybridized carbons (Fsp3) is 0.625. The van der Waals surface area contributed by atoms with E-state index in [9.17, 15) is 4.39 Å². The fourth-order valence-corrected chi connectivity index (χ4v) is 2.70. The average Bonchev–Trinajstić information content (AvgIpc) is 2.85. The quantitative estimate of drug-likeness (QED) is 0.879. The first-order chi connectivity index (χ1) is 9.06. The number of benzene rings is 1. The van der Waals surface area contributed by atoms with Crippen LogP contribution < -0.4 is 5.32 Å². The third-order valence-corrected chi connectivity index (χ3v) is 3.92. The molecule has 1 fully saturated rings. The standard InChI is InChI=1S/C16H25FN2/c1-12(2)19(11-15-5-4-8-18-15)10-14-9-13(3)6-7-16(14)17/h6-7,9,12,15,18H,4-5,8,10-11H2,1-3H3.